The van der Waals surface area contributed by atoms with Crippen LogP contribution >= 0.6 is 27.5 Å². The van der Waals surface area contributed by atoms with E-state index in [1.54, 1.807) is 0 Å². The first kappa shape index (κ1) is 17.0. The zero-order valence-corrected chi connectivity index (χ0v) is 14.4. The predicted molar refractivity (Wildman–Crippen MR) is 88.9 cm³/mol. The number of hydrogen-bond acceptors (Lipinski definition) is 1. The number of benzene rings is 1. The Labute approximate surface area is 131 Å². The number of nitrogens with one attached hydrogen (secondary N) is 1. The van der Waals surface area contributed by atoms with Crippen molar-refractivity contribution < 1.29 is 0 Å². The van der Waals surface area contributed by atoms with Crippen molar-refractivity contribution >= 4 is 27.5 Å². The van der Waals surface area contributed by atoms with Crippen LogP contribution in [-0.2, 0) is 0 Å². The maximum Gasteiger partial charge on any atom is 0.0417 e. The summed E-state index contributed by atoms with van der Waals surface area (Å²) < 4.78 is 1.11. The van der Waals surface area contributed by atoms with E-state index in [4.69, 9.17) is 11.6 Å². The minimum absolute atomic E-state index is 0.429. The van der Waals surface area contributed by atoms with E-state index in [-0.39, 0.29) is 0 Å². The van der Waals surface area contributed by atoms with Gasteiger partial charge in [0.05, 0.1) is 0 Å². The summed E-state index contributed by atoms with van der Waals surface area (Å²) in [6.07, 6.45) is 7.83. The molecule has 0 amide bonds. The minimum Gasteiger partial charge on any atom is -0.310 e. The standard InChI is InChI=1S/C16H25BrClN/c1-3-5-6-7-8-9-16(19-4-2)14-11-10-13(18)12-15(14)17/h10-12,16,19H,3-9H2,1-2H3. The molecular weight excluding hydrogens is 322 g/mol. The SMILES string of the molecule is CCCCCCCC(NCC)c1ccc(Cl)cc1Br. The van der Waals surface area contributed by atoms with Gasteiger partial charge < -0.3 is 5.32 Å². The monoisotopic (exact) mass is 345 g/mol. The lowest BCUT2D eigenvalue weighted by Crippen LogP contribution is -2.21. The van der Waals surface area contributed by atoms with Crippen LogP contribution < -0.4 is 5.32 Å². The van der Waals surface area contributed by atoms with E-state index in [0.29, 0.717) is 6.04 Å². The van der Waals surface area contributed by atoms with E-state index in [1.807, 2.05) is 12.1 Å². The van der Waals surface area contributed by atoms with Gasteiger partial charge in [0.15, 0.2) is 0 Å². The molecule has 1 aromatic rings. The van der Waals surface area contributed by atoms with Crippen LogP contribution in [0.2, 0.25) is 5.02 Å². The molecule has 0 aliphatic rings. The van der Waals surface area contributed by atoms with Crippen LogP contribution in [0.25, 0.3) is 0 Å². The Morgan fingerprint density at radius 3 is 2.53 bits per heavy atom. The van der Waals surface area contributed by atoms with Gasteiger partial charge in [0, 0.05) is 15.5 Å². The average molecular weight is 347 g/mol. The number of hydrogen-bond donors (Lipinski definition) is 1. The molecule has 0 aromatic heterocycles. The molecule has 0 fully saturated rings. The lowest BCUT2D eigenvalue weighted by atomic mass is 9.99. The molecule has 0 bridgehead atoms. The lowest BCUT2D eigenvalue weighted by Gasteiger charge is -2.20. The van der Waals surface area contributed by atoms with E-state index >= 15 is 0 Å². The van der Waals surface area contributed by atoms with Gasteiger partial charge in [-0.3, -0.25) is 0 Å². The van der Waals surface area contributed by atoms with Gasteiger partial charge in [-0.05, 0) is 30.7 Å². The van der Waals surface area contributed by atoms with Crippen molar-refractivity contribution in [3.05, 3.63) is 33.3 Å². The van der Waals surface area contributed by atoms with Crippen LogP contribution in [-0.4, -0.2) is 6.54 Å². The Balaban J connectivity index is 2.55. The van der Waals surface area contributed by atoms with Crippen molar-refractivity contribution in [2.24, 2.45) is 0 Å². The molecule has 0 radical (unpaired) electrons. The van der Waals surface area contributed by atoms with E-state index in [1.165, 1.54) is 44.1 Å². The zero-order valence-electron chi connectivity index (χ0n) is 12.0. The Morgan fingerprint density at radius 2 is 1.89 bits per heavy atom. The van der Waals surface area contributed by atoms with Crippen LogP contribution in [0.4, 0.5) is 0 Å². The van der Waals surface area contributed by atoms with Crippen LogP contribution in [0.3, 0.4) is 0 Å². The summed E-state index contributed by atoms with van der Waals surface area (Å²) in [5.41, 5.74) is 1.32. The molecule has 1 nitrogen and oxygen atoms in total. The van der Waals surface area contributed by atoms with Crippen molar-refractivity contribution in [3.63, 3.8) is 0 Å². The molecule has 1 aromatic carbocycles. The third-order valence-electron chi connectivity index (χ3n) is 3.38. The second-order valence-corrected chi connectivity index (χ2v) is 6.27. The van der Waals surface area contributed by atoms with Crippen LogP contribution in [0.1, 0.15) is 64.0 Å². The number of rotatable bonds is 9. The first-order valence-corrected chi connectivity index (χ1v) is 8.54. The van der Waals surface area contributed by atoms with Crippen LogP contribution in [0.5, 0.6) is 0 Å². The highest BCUT2D eigenvalue weighted by atomic mass is 79.9. The summed E-state index contributed by atoms with van der Waals surface area (Å²) in [6, 6.07) is 6.52. The number of unbranched alkanes of at least 4 members (excludes halogenated alkanes) is 4. The first-order chi connectivity index (χ1) is 9.19. The van der Waals surface area contributed by atoms with Crippen molar-refractivity contribution in [2.45, 2.75) is 58.4 Å². The summed E-state index contributed by atoms with van der Waals surface area (Å²) in [4.78, 5) is 0. The fraction of sp³-hybridized carbons (Fsp3) is 0.625. The Kier molecular flexibility index (Phi) is 8.76. The highest BCUT2D eigenvalue weighted by molar-refractivity contribution is 9.10. The molecule has 3 heteroatoms. The molecule has 0 aliphatic carbocycles. The molecule has 0 heterocycles. The maximum atomic E-state index is 6.01. The van der Waals surface area contributed by atoms with Crippen molar-refractivity contribution in [3.8, 4) is 0 Å². The van der Waals surface area contributed by atoms with E-state index in [2.05, 4.69) is 41.2 Å². The van der Waals surface area contributed by atoms with E-state index in [0.717, 1.165) is 16.0 Å². The second kappa shape index (κ2) is 9.79. The van der Waals surface area contributed by atoms with Crippen LogP contribution in [0, 0.1) is 0 Å². The maximum absolute atomic E-state index is 6.01. The molecule has 1 unspecified atom stereocenters. The van der Waals surface area contributed by atoms with Crippen LogP contribution in [0.15, 0.2) is 22.7 Å². The second-order valence-electron chi connectivity index (χ2n) is 4.98. The molecule has 0 saturated carbocycles. The topological polar surface area (TPSA) is 12.0 Å². The predicted octanol–water partition coefficient (Wildman–Crippen LogP) is 6.11. The summed E-state index contributed by atoms with van der Waals surface area (Å²) in [5, 5.41) is 4.36. The zero-order chi connectivity index (χ0) is 14.1. The van der Waals surface area contributed by atoms with Gasteiger partial charge in [0.1, 0.15) is 0 Å². The summed E-state index contributed by atoms with van der Waals surface area (Å²) >= 11 is 9.64. The van der Waals surface area contributed by atoms with Gasteiger partial charge in [-0.2, -0.15) is 0 Å². The van der Waals surface area contributed by atoms with E-state index < -0.39 is 0 Å². The Hall–Kier alpha value is -0.0500. The molecule has 0 aliphatic heterocycles. The smallest absolute Gasteiger partial charge is 0.0417 e. The fourth-order valence-electron chi connectivity index (χ4n) is 2.35. The largest absolute Gasteiger partial charge is 0.310 e. The molecule has 0 saturated heterocycles. The summed E-state index contributed by atoms with van der Waals surface area (Å²) in [7, 11) is 0. The third-order valence-corrected chi connectivity index (χ3v) is 4.31. The average Bonchev–Trinajstić information content (AvgIpc) is 2.38. The quantitative estimate of drug-likeness (QED) is 0.532. The molecular formula is C16H25BrClN. The highest BCUT2D eigenvalue weighted by Crippen LogP contribution is 2.29. The highest BCUT2D eigenvalue weighted by Gasteiger charge is 2.13. The minimum atomic E-state index is 0.429. The van der Waals surface area contributed by atoms with Crippen molar-refractivity contribution in [2.75, 3.05) is 6.54 Å². The Bertz CT molecular complexity index is 368. The number of halogens is 2. The Morgan fingerprint density at radius 1 is 1.16 bits per heavy atom. The van der Waals surface area contributed by atoms with Gasteiger partial charge in [-0.15, -0.1) is 0 Å². The lowest BCUT2D eigenvalue weighted by molar-refractivity contribution is 0.477. The van der Waals surface area contributed by atoms with Gasteiger partial charge in [0.2, 0.25) is 0 Å². The van der Waals surface area contributed by atoms with Gasteiger partial charge in [-0.1, -0.05) is 79.5 Å². The van der Waals surface area contributed by atoms with Gasteiger partial charge in [0.25, 0.3) is 0 Å². The van der Waals surface area contributed by atoms with E-state index in [9.17, 15) is 0 Å². The molecule has 1 rings (SSSR count). The van der Waals surface area contributed by atoms with Crippen molar-refractivity contribution in [1.82, 2.24) is 5.32 Å². The fourth-order valence-corrected chi connectivity index (χ4v) is 3.31. The molecule has 1 atom stereocenters. The normalized spacial score (nSPS) is 12.6. The first-order valence-electron chi connectivity index (χ1n) is 7.37. The third kappa shape index (κ3) is 6.29. The molecule has 1 N–H and O–H groups in total. The van der Waals surface area contributed by atoms with Crippen molar-refractivity contribution in [1.29, 1.82) is 0 Å². The summed E-state index contributed by atoms with van der Waals surface area (Å²) in [5.74, 6) is 0. The molecule has 108 valence electrons. The summed E-state index contributed by atoms with van der Waals surface area (Å²) in [6.45, 7) is 5.41. The van der Waals surface area contributed by atoms with Gasteiger partial charge in [-0.25, -0.2) is 0 Å². The molecule has 19 heavy (non-hydrogen) atoms. The van der Waals surface area contributed by atoms with Gasteiger partial charge >= 0.3 is 0 Å². The molecule has 0 spiro atoms.